The Bertz CT molecular complexity index is 2410. The minimum Gasteiger partial charge on any atom is -0.448 e. The first-order valence-corrected chi connectivity index (χ1v) is 20.5. The number of nitrogens with one attached hydrogen (secondary N) is 2. The number of rotatable bonds is 14. The first kappa shape index (κ1) is 45.8. The van der Waals surface area contributed by atoms with Gasteiger partial charge in [0.15, 0.2) is 22.8 Å². The van der Waals surface area contributed by atoms with Crippen LogP contribution in [-0.4, -0.2) is 92.5 Å². The van der Waals surface area contributed by atoms with E-state index in [2.05, 4.69) is 30.5 Å². The zero-order chi connectivity index (χ0) is 41.1. The van der Waals surface area contributed by atoms with Crippen LogP contribution >= 0.6 is 59.7 Å². The molecular formula is C37H39Cl2N11O7S3. The number of halogens is 2. The quantitative estimate of drug-likeness (QED) is 0.0157. The van der Waals surface area contributed by atoms with Crippen molar-refractivity contribution in [1.29, 1.82) is 0 Å². The summed E-state index contributed by atoms with van der Waals surface area (Å²) in [6.07, 6.45) is -0.805. The van der Waals surface area contributed by atoms with Crippen molar-refractivity contribution >= 4 is 100.0 Å². The van der Waals surface area contributed by atoms with E-state index in [1.807, 2.05) is 79.1 Å². The molecule has 5 aromatic rings. The van der Waals surface area contributed by atoms with E-state index in [-0.39, 0.29) is 65.2 Å². The fourth-order valence-corrected chi connectivity index (χ4v) is 9.12. The second kappa shape index (κ2) is 19.4. The minimum absolute atomic E-state index is 0. The molecular weight excluding hydrogens is 878 g/mol. The summed E-state index contributed by atoms with van der Waals surface area (Å²) in [5, 5.41) is 22.3. The van der Waals surface area contributed by atoms with Crippen molar-refractivity contribution in [1.82, 2.24) is 40.2 Å². The summed E-state index contributed by atoms with van der Waals surface area (Å²) < 4.78 is 7.82. The number of aliphatic hydroxyl groups excluding tert-OH is 1. The maximum absolute atomic E-state index is 14.6. The van der Waals surface area contributed by atoms with E-state index in [9.17, 15) is 24.3 Å². The number of fused-ring (bicyclic) bond motifs is 2. The van der Waals surface area contributed by atoms with Crippen molar-refractivity contribution < 1.29 is 33.9 Å². The number of nitrogens with two attached hydrogens (primary N) is 2. The van der Waals surface area contributed by atoms with Gasteiger partial charge in [-0.05, 0) is 43.5 Å². The molecule has 60 heavy (non-hydrogen) atoms. The van der Waals surface area contributed by atoms with Crippen molar-refractivity contribution in [2.75, 3.05) is 17.2 Å². The minimum atomic E-state index is -1.58. The Hall–Kier alpha value is -5.29. The number of β-lactam (4-membered cyclic amide) rings is 1. The lowest BCUT2D eigenvalue weighted by molar-refractivity contribution is -0.154. The van der Waals surface area contributed by atoms with E-state index in [0.717, 1.165) is 22.5 Å². The standard InChI is InChI=1S/C37H37N11O7S3.2ClH/c1-19-14-25(48-36(40-19)42-24(15-49)45-48)56-16-22-17-57-32-27(43-30(50)26(23-18-58-35(38)41-23)46-55-37(2,3)34(53)44-39)31(51)47(32)28(22)33(52)54-29(20-10-6-4-7-11-20)21-12-8-5-9-13-21;;/h4-14,18,27,29,32,49H,15-17,39H2,1-3H3,(H2,38,41)(H,43,50)(H,44,53);2*1H/t27?,32-;;/m0../s1. The van der Waals surface area contributed by atoms with Gasteiger partial charge in [0.25, 0.3) is 23.5 Å². The van der Waals surface area contributed by atoms with Crippen LogP contribution in [0.3, 0.4) is 0 Å². The van der Waals surface area contributed by atoms with E-state index in [1.54, 1.807) is 0 Å². The molecule has 1 saturated heterocycles. The van der Waals surface area contributed by atoms with Gasteiger partial charge in [0, 0.05) is 22.6 Å². The number of oxime groups is 1. The number of amides is 3. The second-order valence-corrected chi connectivity index (χ2v) is 16.4. The average molecular weight is 917 g/mol. The maximum atomic E-state index is 14.6. The summed E-state index contributed by atoms with van der Waals surface area (Å²) in [4.78, 5) is 74.5. The van der Waals surface area contributed by atoms with Crippen LogP contribution in [0.4, 0.5) is 5.13 Å². The molecule has 7 rings (SSSR count). The molecule has 5 heterocycles. The fraction of sp³-hybridized carbons (Fsp3) is 0.270. The molecule has 0 bridgehead atoms. The number of thioether (sulfide) groups is 2. The van der Waals surface area contributed by atoms with Crippen LogP contribution in [0.2, 0.25) is 0 Å². The van der Waals surface area contributed by atoms with E-state index >= 15 is 0 Å². The number of benzene rings is 2. The molecule has 2 atom stereocenters. The molecule has 2 aliphatic heterocycles. The Morgan fingerprint density at radius 3 is 2.33 bits per heavy atom. The van der Waals surface area contributed by atoms with Crippen molar-refractivity contribution in [3.05, 3.63) is 112 Å². The van der Waals surface area contributed by atoms with Crippen molar-refractivity contribution in [3.8, 4) is 0 Å². The highest BCUT2D eigenvalue weighted by Gasteiger charge is 2.55. The third-order valence-electron chi connectivity index (χ3n) is 8.97. The Labute approximate surface area is 367 Å². The maximum Gasteiger partial charge on any atom is 0.356 e. The number of aryl methyl sites for hydroxylation is 1. The van der Waals surface area contributed by atoms with Crippen molar-refractivity contribution in [2.45, 2.75) is 55.5 Å². The van der Waals surface area contributed by atoms with Crippen LogP contribution in [-0.2, 0) is 35.4 Å². The van der Waals surface area contributed by atoms with E-state index in [1.165, 1.54) is 52.2 Å². The van der Waals surface area contributed by atoms with Gasteiger partial charge in [-0.25, -0.2) is 20.6 Å². The van der Waals surface area contributed by atoms with Gasteiger partial charge < -0.3 is 25.7 Å². The lowest BCUT2D eigenvalue weighted by Crippen LogP contribution is -2.71. The highest BCUT2D eigenvalue weighted by Crippen LogP contribution is 2.43. The number of nitrogens with zero attached hydrogens (tertiary/aromatic N) is 7. The smallest absolute Gasteiger partial charge is 0.356 e. The van der Waals surface area contributed by atoms with E-state index < -0.39 is 46.8 Å². The van der Waals surface area contributed by atoms with Gasteiger partial charge in [-0.1, -0.05) is 65.8 Å². The molecule has 0 aliphatic carbocycles. The van der Waals surface area contributed by atoms with E-state index in [0.29, 0.717) is 27.8 Å². The normalized spacial score (nSPS) is 16.3. The second-order valence-electron chi connectivity index (χ2n) is 13.4. The summed E-state index contributed by atoms with van der Waals surface area (Å²) in [6, 6.07) is 19.3. The van der Waals surface area contributed by atoms with Crippen LogP contribution in [0.25, 0.3) is 5.78 Å². The Morgan fingerprint density at radius 2 is 1.73 bits per heavy atom. The zero-order valence-electron chi connectivity index (χ0n) is 32.0. The van der Waals surface area contributed by atoms with Gasteiger partial charge in [0.2, 0.25) is 5.60 Å². The van der Waals surface area contributed by atoms with Crippen LogP contribution in [0.15, 0.2) is 93.6 Å². The van der Waals surface area contributed by atoms with Crippen LogP contribution < -0.4 is 22.3 Å². The summed E-state index contributed by atoms with van der Waals surface area (Å²) >= 11 is 3.76. The number of hydrogen-bond donors (Lipinski definition) is 5. The van der Waals surface area contributed by atoms with Crippen LogP contribution in [0.1, 0.15) is 48.3 Å². The molecule has 23 heteroatoms. The molecule has 0 spiro atoms. The number of esters is 1. The molecule has 0 saturated carbocycles. The van der Waals surface area contributed by atoms with Crippen LogP contribution in [0.5, 0.6) is 0 Å². The van der Waals surface area contributed by atoms with Gasteiger partial charge in [-0.15, -0.1) is 64.8 Å². The van der Waals surface area contributed by atoms with Gasteiger partial charge in [-0.2, -0.15) is 9.50 Å². The zero-order valence-corrected chi connectivity index (χ0v) is 36.1. The summed E-state index contributed by atoms with van der Waals surface area (Å²) in [6.45, 7) is 4.24. The Morgan fingerprint density at radius 1 is 1.07 bits per heavy atom. The first-order valence-electron chi connectivity index (χ1n) is 17.6. The number of anilines is 1. The van der Waals surface area contributed by atoms with Crippen LogP contribution in [0, 0.1) is 6.92 Å². The third-order valence-corrected chi connectivity index (χ3v) is 12.1. The molecule has 2 aliphatic rings. The molecule has 3 aromatic heterocycles. The Kier molecular flexibility index (Phi) is 14.8. The highest BCUT2D eigenvalue weighted by molar-refractivity contribution is 8.01. The number of hydrazine groups is 1. The number of thiazole rings is 1. The summed E-state index contributed by atoms with van der Waals surface area (Å²) in [7, 11) is 0. The molecule has 1 unspecified atom stereocenters. The highest BCUT2D eigenvalue weighted by atomic mass is 35.5. The summed E-state index contributed by atoms with van der Waals surface area (Å²) in [5.74, 6) is 3.49. The number of nitrogen functional groups attached to an aromatic ring is 1. The predicted molar refractivity (Wildman–Crippen MR) is 230 cm³/mol. The number of ether oxygens (including phenoxy) is 1. The number of aromatic nitrogens is 5. The van der Waals surface area contributed by atoms with Gasteiger partial charge in [-0.3, -0.25) is 24.7 Å². The average Bonchev–Trinajstić information content (AvgIpc) is 3.86. The predicted octanol–water partition coefficient (Wildman–Crippen LogP) is 3.08. The number of aliphatic hydroxyl groups is 1. The topological polar surface area (TPSA) is 255 Å². The van der Waals surface area contributed by atoms with Crippen molar-refractivity contribution in [3.63, 3.8) is 0 Å². The first-order chi connectivity index (χ1) is 27.9. The molecule has 316 valence electrons. The lowest BCUT2D eigenvalue weighted by Gasteiger charge is -2.49. The Balaban J connectivity index is 0.00000341. The molecule has 2 aromatic carbocycles. The summed E-state index contributed by atoms with van der Waals surface area (Å²) in [5.41, 5.74) is 8.76. The molecule has 18 nitrogen and oxygen atoms in total. The number of hydrogen-bond acceptors (Lipinski definition) is 17. The van der Waals surface area contributed by atoms with Gasteiger partial charge in [0.1, 0.15) is 34.4 Å². The van der Waals surface area contributed by atoms with Gasteiger partial charge >= 0.3 is 5.97 Å². The monoisotopic (exact) mass is 915 g/mol. The molecule has 3 amide bonds. The lowest BCUT2D eigenvalue weighted by atomic mass is 10.0. The number of carbonyl (C=O) groups excluding carboxylic acids is 4. The molecule has 1 fully saturated rings. The fourth-order valence-electron chi connectivity index (χ4n) is 6.04. The molecule has 7 N–H and O–H groups in total. The molecule has 0 radical (unpaired) electrons. The third kappa shape index (κ3) is 9.51. The largest absolute Gasteiger partial charge is 0.448 e. The van der Waals surface area contributed by atoms with Crippen molar-refractivity contribution in [2.24, 2.45) is 11.0 Å². The van der Waals surface area contributed by atoms with Gasteiger partial charge in [0.05, 0.1) is 0 Å². The number of carbonyl (C=O) groups is 4. The SMILES string of the molecule is Cc1cc(SCC2=C(C(=O)OC(c3ccccc3)c3ccccc3)N3C(=O)C(NC(=O)C(=NOC(C)(C)C(=O)NN)c4csc(N)n4)[C@@H]3SC2)n2nc(CO)nc2n1.Cl.Cl. The van der Waals surface area contributed by atoms with E-state index in [4.69, 9.17) is 21.2 Å².